The highest BCUT2D eigenvalue weighted by molar-refractivity contribution is 7.12. The van der Waals surface area contributed by atoms with E-state index in [4.69, 9.17) is 16.6 Å². The first-order valence-electron chi connectivity index (χ1n) is 11.6. The highest BCUT2D eigenvalue weighted by Gasteiger charge is 2.24. The minimum atomic E-state index is 0.0490. The highest BCUT2D eigenvalue weighted by Crippen LogP contribution is 2.37. The molecule has 6 rings (SSSR count). The first-order chi connectivity index (χ1) is 17.6. The number of carbonyl (C=O) groups excluding carboxylic acids is 1. The van der Waals surface area contributed by atoms with Crippen LogP contribution in [-0.4, -0.2) is 49.7 Å². The van der Waals surface area contributed by atoms with Crippen LogP contribution in [0.25, 0.3) is 33.3 Å². The average Bonchev–Trinajstić information content (AvgIpc) is 3.60. The molecule has 1 aromatic carbocycles. The molecule has 1 aliphatic rings. The number of fused-ring (bicyclic) bond motifs is 2. The summed E-state index contributed by atoms with van der Waals surface area (Å²) < 4.78 is 1.67. The quantitative estimate of drug-likeness (QED) is 0.264. The second-order valence-electron chi connectivity index (χ2n) is 8.40. The molecule has 7 nitrogen and oxygen atoms in total. The second-order valence-corrected chi connectivity index (χ2v) is 9.73. The number of hydrogen-bond donors (Lipinski definition) is 0. The van der Waals surface area contributed by atoms with Gasteiger partial charge in [0.25, 0.3) is 5.91 Å². The van der Waals surface area contributed by atoms with Gasteiger partial charge in [-0.3, -0.25) is 9.78 Å². The molecule has 178 valence electrons. The second kappa shape index (κ2) is 9.29. The van der Waals surface area contributed by atoms with Crippen molar-refractivity contribution in [3.05, 3.63) is 81.9 Å². The first kappa shape index (κ1) is 22.6. The van der Waals surface area contributed by atoms with E-state index in [9.17, 15) is 4.79 Å². The van der Waals surface area contributed by atoms with E-state index in [0.29, 0.717) is 41.7 Å². The van der Waals surface area contributed by atoms with Crippen LogP contribution < -0.4 is 0 Å². The van der Waals surface area contributed by atoms with Gasteiger partial charge >= 0.3 is 0 Å². The Morgan fingerprint density at radius 3 is 2.86 bits per heavy atom. The predicted molar refractivity (Wildman–Crippen MR) is 145 cm³/mol. The number of rotatable bonds is 4. The Labute approximate surface area is 216 Å². The van der Waals surface area contributed by atoms with Crippen LogP contribution in [0.1, 0.15) is 28.7 Å². The molecule has 0 N–H and O–H groups in total. The summed E-state index contributed by atoms with van der Waals surface area (Å²) in [5.41, 5.74) is 5.02. The summed E-state index contributed by atoms with van der Waals surface area (Å²) in [6.07, 6.45) is 7.99. The van der Waals surface area contributed by atoms with Crippen molar-refractivity contribution in [1.29, 1.82) is 0 Å². The standard InChI is InChI=1S/C27H21ClN6OS/c1-2-29-26-23(28)24(17-9-11-33(12-10-17)27(35)22-8-5-13-36-22)32-25-20(16-31-34(25)26)19-14-18-6-3-4-7-21(18)30-15-19/h2-9,13-16H,10-12H2,1H3. The summed E-state index contributed by atoms with van der Waals surface area (Å²) in [7, 11) is 0. The van der Waals surface area contributed by atoms with Crippen LogP contribution in [0.4, 0.5) is 5.82 Å². The maximum absolute atomic E-state index is 12.8. The molecule has 0 saturated heterocycles. The number of para-hydroxylation sites is 1. The van der Waals surface area contributed by atoms with Crippen LogP contribution in [0.2, 0.25) is 5.02 Å². The van der Waals surface area contributed by atoms with Crippen molar-refractivity contribution < 1.29 is 4.79 Å². The Kier molecular flexibility index (Phi) is 5.83. The zero-order valence-electron chi connectivity index (χ0n) is 19.4. The van der Waals surface area contributed by atoms with Crippen LogP contribution in [0.3, 0.4) is 0 Å². The Balaban J connectivity index is 1.43. The van der Waals surface area contributed by atoms with E-state index < -0.39 is 0 Å². The molecular formula is C27H21ClN6OS. The molecule has 4 aromatic heterocycles. The lowest BCUT2D eigenvalue weighted by atomic mass is 10.0. The largest absolute Gasteiger partial charge is 0.334 e. The lowest BCUT2D eigenvalue weighted by Crippen LogP contribution is -2.34. The van der Waals surface area contributed by atoms with Crippen molar-refractivity contribution >= 4 is 63.0 Å². The number of carbonyl (C=O) groups is 1. The monoisotopic (exact) mass is 512 g/mol. The molecular weight excluding hydrogens is 492 g/mol. The molecule has 0 bridgehead atoms. The van der Waals surface area contributed by atoms with Gasteiger partial charge in [-0.05, 0) is 42.5 Å². The van der Waals surface area contributed by atoms with Gasteiger partial charge in [0, 0.05) is 42.0 Å². The zero-order valence-corrected chi connectivity index (χ0v) is 21.0. The van der Waals surface area contributed by atoms with Gasteiger partial charge in [-0.1, -0.05) is 41.9 Å². The Bertz CT molecular complexity index is 1670. The van der Waals surface area contributed by atoms with E-state index in [1.807, 2.05) is 65.9 Å². The summed E-state index contributed by atoms with van der Waals surface area (Å²) in [4.78, 5) is 29.5. The molecule has 5 aromatic rings. The number of aromatic nitrogens is 4. The third-order valence-electron chi connectivity index (χ3n) is 6.25. The summed E-state index contributed by atoms with van der Waals surface area (Å²) in [6, 6.07) is 13.8. The predicted octanol–water partition coefficient (Wildman–Crippen LogP) is 6.31. The van der Waals surface area contributed by atoms with Gasteiger partial charge in [0.1, 0.15) is 5.02 Å². The van der Waals surface area contributed by atoms with E-state index in [-0.39, 0.29) is 5.91 Å². The minimum Gasteiger partial charge on any atom is -0.334 e. The van der Waals surface area contributed by atoms with Crippen LogP contribution >= 0.6 is 22.9 Å². The lowest BCUT2D eigenvalue weighted by molar-refractivity contribution is 0.0777. The van der Waals surface area contributed by atoms with Crippen molar-refractivity contribution in [1.82, 2.24) is 24.5 Å². The maximum atomic E-state index is 12.8. The van der Waals surface area contributed by atoms with Gasteiger partial charge in [0.2, 0.25) is 0 Å². The topological polar surface area (TPSA) is 75.8 Å². The molecule has 0 saturated carbocycles. The van der Waals surface area contributed by atoms with Gasteiger partial charge in [0.15, 0.2) is 11.5 Å². The number of thiophene rings is 1. The number of aliphatic imine (C=N–C) groups is 1. The molecule has 0 spiro atoms. The van der Waals surface area contributed by atoms with Gasteiger partial charge in [0.05, 0.1) is 22.3 Å². The van der Waals surface area contributed by atoms with Gasteiger partial charge in [-0.2, -0.15) is 9.61 Å². The van der Waals surface area contributed by atoms with Crippen LogP contribution in [0.15, 0.2) is 71.3 Å². The van der Waals surface area contributed by atoms with Crippen molar-refractivity contribution in [3.63, 3.8) is 0 Å². The Morgan fingerprint density at radius 1 is 1.19 bits per heavy atom. The zero-order chi connectivity index (χ0) is 24.6. The molecule has 0 aliphatic carbocycles. The van der Waals surface area contributed by atoms with Crippen molar-refractivity contribution in [2.45, 2.75) is 13.3 Å². The Morgan fingerprint density at radius 2 is 2.08 bits per heavy atom. The smallest absolute Gasteiger partial charge is 0.264 e. The van der Waals surface area contributed by atoms with E-state index >= 15 is 0 Å². The number of halogens is 1. The number of nitrogens with zero attached hydrogens (tertiary/aromatic N) is 6. The fraction of sp³-hybridized carbons (Fsp3) is 0.148. The average molecular weight is 513 g/mol. The first-order valence-corrected chi connectivity index (χ1v) is 12.8. The lowest BCUT2D eigenvalue weighted by Gasteiger charge is -2.26. The van der Waals surface area contributed by atoms with Crippen LogP contribution in [0, 0.1) is 0 Å². The summed E-state index contributed by atoms with van der Waals surface area (Å²) in [5.74, 6) is 0.574. The van der Waals surface area contributed by atoms with E-state index in [0.717, 1.165) is 32.5 Å². The molecule has 1 aliphatic heterocycles. The van der Waals surface area contributed by atoms with E-state index in [1.165, 1.54) is 11.3 Å². The van der Waals surface area contributed by atoms with Crippen molar-refractivity contribution in [3.8, 4) is 11.1 Å². The molecule has 36 heavy (non-hydrogen) atoms. The van der Waals surface area contributed by atoms with E-state index in [2.05, 4.69) is 21.1 Å². The minimum absolute atomic E-state index is 0.0490. The molecule has 0 fully saturated rings. The summed E-state index contributed by atoms with van der Waals surface area (Å²) in [5, 5.41) is 7.96. The van der Waals surface area contributed by atoms with Crippen LogP contribution in [-0.2, 0) is 0 Å². The molecule has 5 heterocycles. The van der Waals surface area contributed by atoms with Crippen molar-refractivity contribution in [2.24, 2.45) is 4.99 Å². The third-order valence-corrected chi connectivity index (χ3v) is 7.46. The highest BCUT2D eigenvalue weighted by atomic mass is 35.5. The molecule has 9 heteroatoms. The van der Waals surface area contributed by atoms with Gasteiger partial charge in [-0.25, -0.2) is 9.98 Å². The van der Waals surface area contributed by atoms with Crippen molar-refractivity contribution in [2.75, 3.05) is 13.1 Å². The molecule has 0 atom stereocenters. The number of benzene rings is 1. The fourth-order valence-electron chi connectivity index (χ4n) is 4.45. The summed E-state index contributed by atoms with van der Waals surface area (Å²) in [6.45, 7) is 2.94. The normalized spacial score (nSPS) is 14.2. The third kappa shape index (κ3) is 3.88. The molecule has 1 amide bonds. The number of amides is 1. The fourth-order valence-corrected chi connectivity index (χ4v) is 5.43. The van der Waals surface area contributed by atoms with Crippen LogP contribution in [0.5, 0.6) is 0 Å². The van der Waals surface area contributed by atoms with Gasteiger partial charge in [-0.15, -0.1) is 11.3 Å². The maximum Gasteiger partial charge on any atom is 0.264 e. The van der Waals surface area contributed by atoms with E-state index in [1.54, 1.807) is 16.9 Å². The Hall–Kier alpha value is -3.88. The molecule has 0 unspecified atom stereocenters. The van der Waals surface area contributed by atoms with Gasteiger partial charge < -0.3 is 4.90 Å². The SMILES string of the molecule is CC=Nc1c(Cl)c(C2=CCN(C(=O)c3cccs3)CC2)nc2c(-c3cnc4ccccc4c3)cnn12. The number of pyridine rings is 1. The molecule has 0 radical (unpaired) electrons. The summed E-state index contributed by atoms with van der Waals surface area (Å²) >= 11 is 8.30. The number of hydrogen-bond acceptors (Lipinski definition) is 6.